The zero-order chi connectivity index (χ0) is 8.32. The summed E-state index contributed by atoms with van der Waals surface area (Å²) in [6.45, 7) is 5.19. The van der Waals surface area contributed by atoms with Crippen molar-refractivity contribution in [3.8, 4) is 0 Å². The summed E-state index contributed by atoms with van der Waals surface area (Å²) < 4.78 is 10.8. The minimum absolute atomic E-state index is 0.0331. The Morgan fingerprint density at radius 3 is 2.55 bits per heavy atom. The van der Waals surface area contributed by atoms with Crippen molar-refractivity contribution in [2.45, 2.75) is 38.6 Å². The van der Waals surface area contributed by atoms with E-state index in [0.29, 0.717) is 13.2 Å². The van der Waals surface area contributed by atoms with Gasteiger partial charge < -0.3 is 15.2 Å². The van der Waals surface area contributed by atoms with E-state index in [4.69, 9.17) is 15.2 Å². The average Bonchev–Trinajstić information content (AvgIpc) is 2.70. The molecular formula is C8H17NO2. The van der Waals surface area contributed by atoms with Gasteiger partial charge in [-0.2, -0.15) is 0 Å². The highest BCUT2D eigenvalue weighted by Gasteiger charge is 2.44. The van der Waals surface area contributed by atoms with Crippen molar-refractivity contribution in [2.75, 3.05) is 13.2 Å². The molecule has 66 valence electrons. The first kappa shape index (κ1) is 8.97. The van der Waals surface area contributed by atoms with E-state index in [0.717, 1.165) is 12.8 Å². The fourth-order valence-corrected chi connectivity index (χ4v) is 1.13. The first-order valence-electron chi connectivity index (χ1n) is 4.22. The molecule has 1 fully saturated rings. The van der Waals surface area contributed by atoms with Gasteiger partial charge in [0.2, 0.25) is 0 Å². The molecule has 0 saturated heterocycles. The van der Waals surface area contributed by atoms with E-state index in [2.05, 4.69) is 0 Å². The van der Waals surface area contributed by atoms with Crippen LogP contribution in [0.5, 0.6) is 0 Å². The molecule has 0 aromatic rings. The molecule has 1 atom stereocenters. The molecule has 0 spiro atoms. The normalized spacial score (nSPS) is 23.2. The predicted molar refractivity (Wildman–Crippen MR) is 43.2 cm³/mol. The summed E-state index contributed by atoms with van der Waals surface area (Å²) in [7, 11) is 0. The average molecular weight is 159 g/mol. The van der Waals surface area contributed by atoms with E-state index >= 15 is 0 Å². The molecule has 1 saturated carbocycles. The summed E-state index contributed by atoms with van der Waals surface area (Å²) in [6, 6.07) is 0. The molecule has 0 aromatic carbocycles. The molecular weight excluding hydrogens is 142 g/mol. The van der Waals surface area contributed by atoms with Crippen LogP contribution in [0.1, 0.15) is 26.7 Å². The number of hydrogen-bond acceptors (Lipinski definition) is 3. The fraction of sp³-hybridized carbons (Fsp3) is 1.00. The van der Waals surface area contributed by atoms with E-state index in [-0.39, 0.29) is 11.9 Å². The molecule has 11 heavy (non-hydrogen) atoms. The van der Waals surface area contributed by atoms with Gasteiger partial charge in [-0.05, 0) is 26.7 Å². The highest BCUT2D eigenvalue weighted by atomic mass is 16.7. The van der Waals surface area contributed by atoms with E-state index < -0.39 is 0 Å². The Labute approximate surface area is 67.9 Å². The highest BCUT2D eigenvalue weighted by molar-refractivity contribution is 4.96. The van der Waals surface area contributed by atoms with Gasteiger partial charge in [0.15, 0.2) is 6.29 Å². The number of hydrogen-bond donors (Lipinski definition) is 1. The monoisotopic (exact) mass is 159 g/mol. The van der Waals surface area contributed by atoms with Crippen LogP contribution in [0.25, 0.3) is 0 Å². The zero-order valence-electron chi connectivity index (χ0n) is 7.30. The van der Waals surface area contributed by atoms with Crippen molar-refractivity contribution in [1.29, 1.82) is 0 Å². The molecule has 0 aromatic heterocycles. The molecule has 0 bridgehead atoms. The molecule has 0 heterocycles. The van der Waals surface area contributed by atoms with E-state index in [1.165, 1.54) is 0 Å². The van der Waals surface area contributed by atoms with Gasteiger partial charge in [0, 0.05) is 13.2 Å². The summed E-state index contributed by atoms with van der Waals surface area (Å²) in [5.41, 5.74) is 5.50. The van der Waals surface area contributed by atoms with Crippen LogP contribution in [0.2, 0.25) is 0 Å². The zero-order valence-corrected chi connectivity index (χ0v) is 7.30. The Bertz CT molecular complexity index is 123. The number of nitrogens with two attached hydrogens (primary N) is 1. The van der Waals surface area contributed by atoms with Crippen LogP contribution in [0.3, 0.4) is 0 Å². The Kier molecular flexibility index (Phi) is 2.87. The van der Waals surface area contributed by atoms with Gasteiger partial charge in [-0.3, -0.25) is 0 Å². The predicted octanol–water partition coefficient (Wildman–Crippen LogP) is 0.877. The molecule has 0 radical (unpaired) electrons. The quantitative estimate of drug-likeness (QED) is 0.605. The van der Waals surface area contributed by atoms with Gasteiger partial charge in [-0.1, -0.05) is 0 Å². The van der Waals surface area contributed by atoms with Crippen LogP contribution in [0, 0.1) is 0 Å². The molecule has 1 unspecified atom stereocenters. The van der Waals surface area contributed by atoms with Crippen molar-refractivity contribution < 1.29 is 9.47 Å². The summed E-state index contributed by atoms with van der Waals surface area (Å²) in [4.78, 5) is 0. The summed E-state index contributed by atoms with van der Waals surface area (Å²) in [5.74, 6) is 0. The van der Waals surface area contributed by atoms with Crippen molar-refractivity contribution in [2.24, 2.45) is 5.73 Å². The molecule has 3 heteroatoms. The summed E-state index contributed by atoms with van der Waals surface area (Å²) >= 11 is 0. The van der Waals surface area contributed by atoms with Crippen molar-refractivity contribution in [3.05, 3.63) is 0 Å². The fourth-order valence-electron chi connectivity index (χ4n) is 1.13. The van der Waals surface area contributed by atoms with Gasteiger partial charge in [0.25, 0.3) is 0 Å². The van der Waals surface area contributed by atoms with Crippen LogP contribution in [0.4, 0.5) is 0 Å². The van der Waals surface area contributed by atoms with Crippen LogP contribution in [-0.4, -0.2) is 25.0 Å². The lowest BCUT2D eigenvalue weighted by Crippen LogP contribution is -2.30. The molecule has 3 nitrogen and oxygen atoms in total. The molecule has 1 rings (SSSR count). The Balaban J connectivity index is 2.18. The van der Waals surface area contributed by atoms with Crippen molar-refractivity contribution in [3.63, 3.8) is 0 Å². The minimum Gasteiger partial charge on any atom is -0.353 e. The van der Waals surface area contributed by atoms with Gasteiger partial charge in [0.05, 0.1) is 5.60 Å². The number of ether oxygens (including phenoxy) is 2. The second-order valence-electron chi connectivity index (χ2n) is 3.03. The SMILES string of the molecule is CCOC(C)OC1(CN)CC1. The van der Waals surface area contributed by atoms with E-state index in [9.17, 15) is 0 Å². The Morgan fingerprint density at radius 2 is 2.18 bits per heavy atom. The smallest absolute Gasteiger partial charge is 0.155 e. The third-order valence-corrected chi connectivity index (χ3v) is 2.00. The molecule has 1 aliphatic carbocycles. The lowest BCUT2D eigenvalue weighted by atomic mass is 10.3. The summed E-state index contributed by atoms with van der Waals surface area (Å²) in [5, 5.41) is 0. The van der Waals surface area contributed by atoms with E-state index in [1.54, 1.807) is 0 Å². The first-order valence-corrected chi connectivity index (χ1v) is 4.22. The first-order chi connectivity index (χ1) is 5.22. The Hall–Kier alpha value is -0.120. The van der Waals surface area contributed by atoms with Crippen LogP contribution in [-0.2, 0) is 9.47 Å². The minimum atomic E-state index is -0.106. The van der Waals surface area contributed by atoms with E-state index in [1.807, 2.05) is 13.8 Å². The van der Waals surface area contributed by atoms with Gasteiger partial charge in [-0.15, -0.1) is 0 Å². The highest BCUT2D eigenvalue weighted by Crippen LogP contribution is 2.39. The maximum Gasteiger partial charge on any atom is 0.155 e. The topological polar surface area (TPSA) is 44.5 Å². The second kappa shape index (κ2) is 3.52. The second-order valence-corrected chi connectivity index (χ2v) is 3.03. The third-order valence-electron chi connectivity index (χ3n) is 2.00. The molecule has 0 aliphatic heterocycles. The van der Waals surface area contributed by atoms with Crippen molar-refractivity contribution >= 4 is 0 Å². The maximum atomic E-state index is 5.59. The molecule has 1 aliphatic rings. The lowest BCUT2D eigenvalue weighted by molar-refractivity contribution is -0.164. The molecule has 2 N–H and O–H groups in total. The van der Waals surface area contributed by atoms with Crippen LogP contribution in [0.15, 0.2) is 0 Å². The Morgan fingerprint density at radius 1 is 1.55 bits per heavy atom. The standard InChI is InChI=1S/C8H17NO2/c1-3-10-7(2)11-8(6-9)4-5-8/h7H,3-6,9H2,1-2H3. The maximum absolute atomic E-state index is 5.59. The van der Waals surface area contributed by atoms with Gasteiger partial charge in [0.1, 0.15) is 0 Å². The van der Waals surface area contributed by atoms with Crippen LogP contribution < -0.4 is 5.73 Å². The third kappa shape index (κ3) is 2.43. The van der Waals surface area contributed by atoms with Gasteiger partial charge in [-0.25, -0.2) is 0 Å². The van der Waals surface area contributed by atoms with Crippen LogP contribution >= 0.6 is 0 Å². The lowest BCUT2D eigenvalue weighted by Gasteiger charge is -2.19. The molecule has 0 amide bonds. The number of rotatable bonds is 5. The largest absolute Gasteiger partial charge is 0.353 e. The summed E-state index contributed by atoms with van der Waals surface area (Å²) in [6.07, 6.45) is 2.06. The van der Waals surface area contributed by atoms with Crippen molar-refractivity contribution in [1.82, 2.24) is 0 Å². The van der Waals surface area contributed by atoms with Gasteiger partial charge >= 0.3 is 0 Å².